The Morgan fingerprint density at radius 2 is 2.21 bits per heavy atom. The number of nitrogens with zero attached hydrogens (tertiary/aromatic N) is 2. The molecule has 0 aliphatic heterocycles. The molecule has 4 nitrogen and oxygen atoms in total. The fraction of sp³-hybridized carbons (Fsp3) is 0.429. The molecule has 1 aromatic carbocycles. The molecular formula is C14H16FN3O. The molecule has 0 spiro atoms. The molecule has 0 saturated heterocycles. The molecule has 1 saturated carbocycles. The molecule has 1 heterocycles. The molecule has 1 aliphatic carbocycles. The summed E-state index contributed by atoms with van der Waals surface area (Å²) in [7, 11) is 0. The van der Waals surface area contributed by atoms with Crippen LogP contribution in [0.4, 0.5) is 4.39 Å². The number of aromatic nitrogens is 2. The Kier molecular flexibility index (Phi) is 3.06. The summed E-state index contributed by atoms with van der Waals surface area (Å²) < 4.78 is 18.8. The molecule has 1 aromatic heterocycles. The van der Waals surface area contributed by atoms with Crippen LogP contribution in [0.5, 0.6) is 0 Å². The molecule has 19 heavy (non-hydrogen) atoms. The Hall–Kier alpha value is -1.75. The van der Waals surface area contributed by atoms with Crippen molar-refractivity contribution in [3.63, 3.8) is 0 Å². The summed E-state index contributed by atoms with van der Waals surface area (Å²) in [6.07, 6.45) is 2.84. The highest BCUT2D eigenvalue weighted by Gasteiger charge is 2.28. The molecule has 2 N–H and O–H groups in total. The average Bonchev–Trinajstić information content (AvgIpc) is 3.01. The van der Waals surface area contributed by atoms with Gasteiger partial charge in [0.15, 0.2) is 0 Å². The van der Waals surface area contributed by atoms with Gasteiger partial charge in [-0.1, -0.05) is 17.3 Å². The third kappa shape index (κ3) is 2.38. The van der Waals surface area contributed by atoms with E-state index in [1.54, 1.807) is 19.1 Å². The topological polar surface area (TPSA) is 64.9 Å². The van der Waals surface area contributed by atoms with Crippen LogP contribution in [0.2, 0.25) is 0 Å². The van der Waals surface area contributed by atoms with Crippen molar-refractivity contribution in [3.8, 4) is 11.4 Å². The summed E-state index contributed by atoms with van der Waals surface area (Å²) in [6, 6.07) is 5.17. The van der Waals surface area contributed by atoms with E-state index in [0.29, 0.717) is 22.8 Å². The van der Waals surface area contributed by atoms with Gasteiger partial charge >= 0.3 is 0 Å². The van der Waals surface area contributed by atoms with Crippen LogP contribution in [-0.2, 0) is 0 Å². The predicted molar refractivity (Wildman–Crippen MR) is 69.0 cm³/mol. The van der Waals surface area contributed by atoms with E-state index >= 15 is 0 Å². The number of hydrogen-bond donors (Lipinski definition) is 1. The van der Waals surface area contributed by atoms with Gasteiger partial charge in [-0.2, -0.15) is 4.98 Å². The van der Waals surface area contributed by atoms with Gasteiger partial charge in [-0.15, -0.1) is 0 Å². The van der Waals surface area contributed by atoms with Crippen molar-refractivity contribution < 1.29 is 8.91 Å². The molecule has 0 amide bonds. The number of nitrogens with two attached hydrogens (primary N) is 1. The number of hydrogen-bond acceptors (Lipinski definition) is 4. The summed E-state index contributed by atoms with van der Waals surface area (Å²) in [6.45, 7) is 1.72. The molecular weight excluding hydrogens is 245 g/mol. The van der Waals surface area contributed by atoms with E-state index in [1.165, 1.54) is 6.07 Å². The van der Waals surface area contributed by atoms with Crippen molar-refractivity contribution in [2.75, 3.05) is 0 Å². The first kappa shape index (κ1) is 12.3. The normalized spacial score (nSPS) is 22.9. The van der Waals surface area contributed by atoms with Crippen molar-refractivity contribution in [2.45, 2.75) is 38.1 Å². The summed E-state index contributed by atoms with van der Waals surface area (Å²) in [4.78, 5) is 4.37. The van der Waals surface area contributed by atoms with Crippen LogP contribution < -0.4 is 5.73 Å². The first-order valence-electron chi connectivity index (χ1n) is 6.49. The second-order valence-electron chi connectivity index (χ2n) is 5.19. The third-order valence-electron chi connectivity index (χ3n) is 3.69. The van der Waals surface area contributed by atoms with Gasteiger partial charge in [0.05, 0.1) is 0 Å². The van der Waals surface area contributed by atoms with Crippen molar-refractivity contribution in [3.05, 3.63) is 35.5 Å². The fourth-order valence-electron chi connectivity index (χ4n) is 2.49. The lowest BCUT2D eigenvalue weighted by atomic mass is 10.1. The minimum Gasteiger partial charge on any atom is -0.339 e. The standard InChI is InChI=1S/C14H16FN3O/c1-8-2-3-9(7-12(8)15)13-17-14(19-18-13)10-4-5-11(16)6-10/h2-3,7,10-11H,4-6,16H2,1H3/t10-,11+/m1/s1. The maximum atomic E-state index is 13.5. The molecule has 1 fully saturated rings. The first-order valence-corrected chi connectivity index (χ1v) is 6.49. The monoisotopic (exact) mass is 261 g/mol. The van der Waals surface area contributed by atoms with Crippen LogP contribution >= 0.6 is 0 Å². The second-order valence-corrected chi connectivity index (χ2v) is 5.19. The average molecular weight is 261 g/mol. The lowest BCUT2D eigenvalue weighted by Crippen LogP contribution is -2.14. The van der Waals surface area contributed by atoms with Gasteiger partial charge in [-0.05, 0) is 37.8 Å². The lowest BCUT2D eigenvalue weighted by molar-refractivity contribution is 0.353. The summed E-state index contributed by atoms with van der Waals surface area (Å²) in [5.41, 5.74) is 7.12. The van der Waals surface area contributed by atoms with E-state index in [4.69, 9.17) is 10.3 Å². The minimum atomic E-state index is -0.258. The summed E-state index contributed by atoms with van der Waals surface area (Å²) in [5, 5.41) is 3.93. The van der Waals surface area contributed by atoms with Crippen molar-refractivity contribution >= 4 is 0 Å². The van der Waals surface area contributed by atoms with Crippen LogP contribution in [0.3, 0.4) is 0 Å². The smallest absolute Gasteiger partial charge is 0.230 e. The van der Waals surface area contributed by atoms with Crippen molar-refractivity contribution in [1.29, 1.82) is 0 Å². The van der Waals surface area contributed by atoms with E-state index in [1.807, 2.05) is 0 Å². The molecule has 0 bridgehead atoms. The van der Waals surface area contributed by atoms with Crippen molar-refractivity contribution in [1.82, 2.24) is 10.1 Å². The van der Waals surface area contributed by atoms with Gasteiger partial charge in [-0.3, -0.25) is 0 Å². The Morgan fingerprint density at radius 3 is 2.89 bits per heavy atom. The molecule has 0 radical (unpaired) electrons. The zero-order chi connectivity index (χ0) is 13.4. The van der Waals surface area contributed by atoms with E-state index < -0.39 is 0 Å². The largest absolute Gasteiger partial charge is 0.339 e. The van der Waals surface area contributed by atoms with Crippen LogP contribution in [0.1, 0.15) is 36.6 Å². The van der Waals surface area contributed by atoms with Gasteiger partial charge < -0.3 is 10.3 Å². The summed E-state index contributed by atoms with van der Waals surface area (Å²) in [5.74, 6) is 1.04. The zero-order valence-electron chi connectivity index (χ0n) is 10.8. The fourth-order valence-corrected chi connectivity index (χ4v) is 2.49. The van der Waals surface area contributed by atoms with Crippen molar-refractivity contribution in [2.24, 2.45) is 5.73 Å². The highest BCUT2D eigenvalue weighted by atomic mass is 19.1. The van der Waals surface area contributed by atoms with Crippen LogP contribution in [-0.4, -0.2) is 16.2 Å². The molecule has 5 heteroatoms. The predicted octanol–water partition coefficient (Wildman–Crippen LogP) is 2.78. The molecule has 0 unspecified atom stereocenters. The maximum Gasteiger partial charge on any atom is 0.230 e. The van der Waals surface area contributed by atoms with Gasteiger partial charge in [0.25, 0.3) is 0 Å². The quantitative estimate of drug-likeness (QED) is 0.902. The molecule has 100 valence electrons. The molecule has 1 aliphatic rings. The SMILES string of the molecule is Cc1ccc(-c2noc([C@@H]3CC[C@H](N)C3)n2)cc1F. The number of aryl methyl sites for hydroxylation is 1. The minimum absolute atomic E-state index is 0.220. The van der Waals surface area contributed by atoms with Crippen LogP contribution in [0.25, 0.3) is 11.4 Å². The lowest BCUT2D eigenvalue weighted by Gasteiger charge is -2.01. The second kappa shape index (κ2) is 4.74. The Bertz CT molecular complexity index is 596. The van der Waals surface area contributed by atoms with Gasteiger partial charge in [0.1, 0.15) is 5.82 Å². The van der Waals surface area contributed by atoms with Crippen LogP contribution in [0.15, 0.2) is 22.7 Å². The number of benzene rings is 1. The molecule has 3 rings (SSSR count). The summed E-state index contributed by atoms with van der Waals surface area (Å²) >= 11 is 0. The van der Waals surface area contributed by atoms with Gasteiger partial charge in [0.2, 0.25) is 11.7 Å². The Morgan fingerprint density at radius 1 is 1.37 bits per heavy atom. The Labute approximate surface area is 110 Å². The highest BCUT2D eigenvalue weighted by molar-refractivity contribution is 5.55. The first-order chi connectivity index (χ1) is 9.13. The highest BCUT2D eigenvalue weighted by Crippen LogP contribution is 2.33. The van der Waals surface area contributed by atoms with E-state index in [2.05, 4.69) is 10.1 Å². The maximum absolute atomic E-state index is 13.5. The number of rotatable bonds is 2. The van der Waals surface area contributed by atoms with Gasteiger partial charge in [-0.25, -0.2) is 4.39 Å². The molecule has 2 atom stereocenters. The third-order valence-corrected chi connectivity index (χ3v) is 3.69. The molecule has 2 aromatic rings. The van der Waals surface area contributed by atoms with Crippen LogP contribution in [0, 0.1) is 12.7 Å². The zero-order valence-corrected chi connectivity index (χ0v) is 10.8. The van der Waals surface area contributed by atoms with E-state index in [-0.39, 0.29) is 17.8 Å². The van der Waals surface area contributed by atoms with Gasteiger partial charge in [0, 0.05) is 17.5 Å². The number of halogens is 1. The Balaban J connectivity index is 1.86. The van der Waals surface area contributed by atoms with E-state index in [9.17, 15) is 4.39 Å². The van der Waals surface area contributed by atoms with E-state index in [0.717, 1.165) is 19.3 Å².